The zero-order chi connectivity index (χ0) is 13.0. The number of rotatable bonds is 4. The second-order valence-electron chi connectivity index (χ2n) is 3.47. The molecule has 1 aromatic carbocycles. The van der Waals surface area contributed by atoms with E-state index < -0.39 is 11.9 Å². The second kappa shape index (κ2) is 5.86. The highest BCUT2D eigenvalue weighted by molar-refractivity contribution is 9.10. The minimum absolute atomic E-state index is 0.238. The van der Waals surface area contributed by atoms with E-state index in [0.29, 0.717) is 12.3 Å². The number of halogens is 2. The fraction of sp³-hybridized carbons (Fsp3) is 0.364. The molecule has 1 atom stereocenters. The van der Waals surface area contributed by atoms with E-state index in [-0.39, 0.29) is 16.1 Å². The van der Waals surface area contributed by atoms with Gasteiger partial charge in [-0.3, -0.25) is 0 Å². The highest BCUT2D eigenvalue weighted by atomic mass is 79.9. The van der Waals surface area contributed by atoms with Crippen LogP contribution in [-0.2, 0) is 9.53 Å². The molecule has 1 rings (SSSR count). The molecule has 0 aliphatic carbocycles. The van der Waals surface area contributed by atoms with E-state index in [1.165, 1.54) is 12.1 Å². The van der Waals surface area contributed by atoms with Crippen LogP contribution in [0.2, 0.25) is 0 Å². The molecule has 1 aromatic rings. The molecule has 0 aromatic heterocycles. The van der Waals surface area contributed by atoms with Gasteiger partial charge in [-0.15, -0.1) is 0 Å². The molecule has 0 aliphatic heterocycles. The van der Waals surface area contributed by atoms with Crippen LogP contribution in [0.5, 0.6) is 0 Å². The molecular formula is C11H14BrFN2O2. The number of ether oxygens (including phenoxy) is 1. The summed E-state index contributed by atoms with van der Waals surface area (Å²) in [6.07, 6.45) is 0. The first-order valence-electron chi connectivity index (χ1n) is 5.13. The maximum atomic E-state index is 13.1. The Bertz CT molecular complexity index is 426. The summed E-state index contributed by atoms with van der Waals surface area (Å²) in [4.78, 5) is 11.4. The fourth-order valence-electron chi connectivity index (χ4n) is 1.25. The van der Waals surface area contributed by atoms with Crippen LogP contribution in [0.3, 0.4) is 0 Å². The Morgan fingerprint density at radius 1 is 1.65 bits per heavy atom. The summed E-state index contributed by atoms with van der Waals surface area (Å²) in [6.45, 7) is 3.69. The molecule has 0 heterocycles. The van der Waals surface area contributed by atoms with Crippen molar-refractivity contribution in [1.29, 1.82) is 0 Å². The van der Waals surface area contributed by atoms with Gasteiger partial charge in [0.1, 0.15) is 11.9 Å². The summed E-state index contributed by atoms with van der Waals surface area (Å²) in [5.74, 6) is -0.829. The number of benzene rings is 1. The lowest BCUT2D eigenvalue weighted by Gasteiger charge is -2.15. The zero-order valence-electron chi connectivity index (χ0n) is 9.59. The number of nitrogens with one attached hydrogen (secondary N) is 1. The van der Waals surface area contributed by atoms with Crippen molar-refractivity contribution >= 4 is 33.3 Å². The van der Waals surface area contributed by atoms with Gasteiger partial charge in [-0.1, -0.05) is 0 Å². The maximum absolute atomic E-state index is 13.1. The SMILES string of the molecule is CCOC(=O)C(C)Nc1cc(Br)c(F)cc1N. The number of esters is 1. The van der Waals surface area contributed by atoms with Gasteiger partial charge in [0.05, 0.1) is 22.5 Å². The largest absolute Gasteiger partial charge is 0.464 e. The number of hydrogen-bond donors (Lipinski definition) is 2. The van der Waals surface area contributed by atoms with Gasteiger partial charge >= 0.3 is 5.97 Å². The zero-order valence-corrected chi connectivity index (χ0v) is 11.2. The van der Waals surface area contributed by atoms with E-state index in [4.69, 9.17) is 10.5 Å². The van der Waals surface area contributed by atoms with Crippen LogP contribution >= 0.6 is 15.9 Å². The first-order valence-corrected chi connectivity index (χ1v) is 5.92. The van der Waals surface area contributed by atoms with Crippen LogP contribution in [0.4, 0.5) is 15.8 Å². The highest BCUT2D eigenvalue weighted by Crippen LogP contribution is 2.27. The van der Waals surface area contributed by atoms with Gasteiger partial charge in [0.25, 0.3) is 0 Å². The Kier molecular flexibility index (Phi) is 4.74. The number of carbonyl (C=O) groups is 1. The number of carbonyl (C=O) groups excluding carboxylic acids is 1. The minimum Gasteiger partial charge on any atom is -0.464 e. The van der Waals surface area contributed by atoms with E-state index in [9.17, 15) is 9.18 Å². The molecule has 6 heteroatoms. The molecule has 0 amide bonds. The van der Waals surface area contributed by atoms with Gasteiger partial charge in [0, 0.05) is 6.07 Å². The van der Waals surface area contributed by atoms with Crippen LogP contribution in [-0.4, -0.2) is 18.6 Å². The van der Waals surface area contributed by atoms with Crippen molar-refractivity contribution in [3.63, 3.8) is 0 Å². The summed E-state index contributed by atoms with van der Waals surface area (Å²) in [6, 6.07) is 2.12. The van der Waals surface area contributed by atoms with Crippen molar-refractivity contribution in [2.45, 2.75) is 19.9 Å². The van der Waals surface area contributed by atoms with Crippen molar-refractivity contribution in [3.8, 4) is 0 Å². The van der Waals surface area contributed by atoms with Crippen LogP contribution in [0.25, 0.3) is 0 Å². The third-order valence-corrected chi connectivity index (χ3v) is 2.71. The quantitative estimate of drug-likeness (QED) is 0.663. The molecule has 94 valence electrons. The van der Waals surface area contributed by atoms with Gasteiger partial charge < -0.3 is 15.8 Å². The first-order chi connectivity index (χ1) is 7.95. The van der Waals surface area contributed by atoms with Crippen molar-refractivity contribution in [2.75, 3.05) is 17.7 Å². The fourth-order valence-corrected chi connectivity index (χ4v) is 1.59. The number of hydrogen-bond acceptors (Lipinski definition) is 4. The normalized spacial score (nSPS) is 12.0. The second-order valence-corrected chi connectivity index (χ2v) is 4.33. The van der Waals surface area contributed by atoms with Gasteiger partial charge in [-0.05, 0) is 35.8 Å². The van der Waals surface area contributed by atoms with Crippen LogP contribution in [0.15, 0.2) is 16.6 Å². The molecule has 0 fully saturated rings. The molecule has 17 heavy (non-hydrogen) atoms. The number of anilines is 2. The van der Waals surface area contributed by atoms with Crippen molar-refractivity contribution < 1.29 is 13.9 Å². The van der Waals surface area contributed by atoms with E-state index in [1.54, 1.807) is 13.8 Å². The minimum atomic E-state index is -0.547. The molecule has 3 N–H and O–H groups in total. The lowest BCUT2D eigenvalue weighted by molar-refractivity contribution is -0.143. The van der Waals surface area contributed by atoms with Crippen LogP contribution < -0.4 is 11.1 Å². The molecule has 0 aliphatic rings. The molecule has 4 nitrogen and oxygen atoms in total. The van der Waals surface area contributed by atoms with Gasteiger partial charge in [-0.2, -0.15) is 0 Å². The average Bonchev–Trinajstić information content (AvgIpc) is 2.26. The van der Waals surface area contributed by atoms with Gasteiger partial charge in [0.15, 0.2) is 0 Å². The molecule has 0 saturated carbocycles. The molecule has 0 spiro atoms. The monoisotopic (exact) mass is 304 g/mol. The van der Waals surface area contributed by atoms with E-state index in [2.05, 4.69) is 21.2 Å². The topological polar surface area (TPSA) is 64.3 Å². The van der Waals surface area contributed by atoms with Crippen LogP contribution in [0.1, 0.15) is 13.8 Å². The van der Waals surface area contributed by atoms with E-state index in [0.717, 1.165) is 0 Å². The van der Waals surface area contributed by atoms with Crippen molar-refractivity contribution in [2.24, 2.45) is 0 Å². The average molecular weight is 305 g/mol. The predicted molar refractivity (Wildman–Crippen MR) is 68.2 cm³/mol. The lowest BCUT2D eigenvalue weighted by atomic mass is 10.2. The molecule has 0 bridgehead atoms. The van der Waals surface area contributed by atoms with Gasteiger partial charge in [0.2, 0.25) is 0 Å². The van der Waals surface area contributed by atoms with Crippen molar-refractivity contribution in [3.05, 3.63) is 22.4 Å². The Morgan fingerprint density at radius 3 is 2.88 bits per heavy atom. The number of nitrogens with two attached hydrogens (primary N) is 1. The maximum Gasteiger partial charge on any atom is 0.328 e. The summed E-state index contributed by atoms with van der Waals surface area (Å²) >= 11 is 3.05. The number of nitrogen functional groups attached to an aromatic ring is 1. The molecule has 0 saturated heterocycles. The summed E-state index contributed by atoms with van der Waals surface area (Å²) < 4.78 is 18.3. The summed E-state index contributed by atoms with van der Waals surface area (Å²) in [5, 5.41) is 2.87. The lowest BCUT2D eigenvalue weighted by Crippen LogP contribution is -2.28. The molecule has 0 radical (unpaired) electrons. The Balaban J connectivity index is 2.81. The van der Waals surface area contributed by atoms with E-state index in [1.807, 2.05) is 0 Å². The predicted octanol–water partition coefficient (Wildman–Crippen LogP) is 2.53. The molecular weight excluding hydrogens is 291 g/mol. The third kappa shape index (κ3) is 3.59. The molecule has 1 unspecified atom stereocenters. The summed E-state index contributed by atoms with van der Waals surface area (Å²) in [7, 11) is 0. The first kappa shape index (κ1) is 13.8. The van der Waals surface area contributed by atoms with E-state index >= 15 is 0 Å². The smallest absolute Gasteiger partial charge is 0.328 e. The third-order valence-electron chi connectivity index (χ3n) is 2.10. The summed E-state index contributed by atoms with van der Waals surface area (Å²) in [5.41, 5.74) is 6.36. The Morgan fingerprint density at radius 2 is 2.29 bits per heavy atom. The Hall–Kier alpha value is -1.30. The van der Waals surface area contributed by atoms with Gasteiger partial charge in [-0.25, -0.2) is 9.18 Å². The van der Waals surface area contributed by atoms with Crippen LogP contribution in [0, 0.1) is 5.82 Å². The highest BCUT2D eigenvalue weighted by Gasteiger charge is 2.15. The van der Waals surface area contributed by atoms with Crippen molar-refractivity contribution in [1.82, 2.24) is 0 Å². The Labute approximate surface area is 107 Å². The standard InChI is InChI=1S/C11H14BrFN2O2/c1-3-17-11(16)6(2)15-10-4-7(12)8(13)5-9(10)14/h4-6,15H,3,14H2,1-2H3.